The molecule has 0 spiro atoms. The molecule has 1 atom stereocenters. The minimum atomic E-state index is -0.0555. The molecule has 3 N–H and O–H groups in total. The van der Waals surface area contributed by atoms with E-state index in [0.29, 0.717) is 46.0 Å². The van der Waals surface area contributed by atoms with E-state index in [0.717, 1.165) is 6.42 Å². The number of carbonyl (C=O) groups is 1. The molecule has 6 nitrogen and oxygen atoms in total. The summed E-state index contributed by atoms with van der Waals surface area (Å²) >= 11 is 0. The Kier molecular flexibility index (Phi) is 12.3. The lowest BCUT2D eigenvalue weighted by Gasteiger charge is -2.09. The van der Waals surface area contributed by atoms with E-state index in [1.807, 2.05) is 6.92 Å². The molecule has 1 unspecified atom stereocenters. The number of ether oxygens (including phenoxy) is 3. The van der Waals surface area contributed by atoms with Crippen LogP contribution in [0.25, 0.3) is 0 Å². The van der Waals surface area contributed by atoms with E-state index in [1.165, 1.54) is 0 Å². The molecular weight excluding hydrogens is 236 g/mol. The normalized spacial score (nSPS) is 12.4. The van der Waals surface area contributed by atoms with Gasteiger partial charge in [-0.05, 0) is 6.42 Å². The lowest BCUT2D eigenvalue weighted by atomic mass is 10.1. The summed E-state index contributed by atoms with van der Waals surface area (Å²) in [5.74, 6) is -0.0238. The molecule has 1 amide bonds. The monoisotopic (exact) mass is 262 g/mol. The van der Waals surface area contributed by atoms with Gasteiger partial charge in [-0.25, -0.2) is 0 Å². The van der Waals surface area contributed by atoms with Crippen molar-refractivity contribution in [1.82, 2.24) is 5.32 Å². The Morgan fingerprint density at radius 1 is 1.17 bits per heavy atom. The van der Waals surface area contributed by atoms with Gasteiger partial charge in [-0.3, -0.25) is 4.79 Å². The highest BCUT2D eigenvalue weighted by atomic mass is 16.5. The maximum absolute atomic E-state index is 11.3. The van der Waals surface area contributed by atoms with Crippen LogP contribution in [0.2, 0.25) is 0 Å². The van der Waals surface area contributed by atoms with Gasteiger partial charge in [-0.15, -0.1) is 0 Å². The average molecular weight is 262 g/mol. The predicted molar refractivity (Wildman–Crippen MR) is 69.4 cm³/mol. The summed E-state index contributed by atoms with van der Waals surface area (Å²) in [7, 11) is 1.63. The quantitative estimate of drug-likeness (QED) is 0.480. The van der Waals surface area contributed by atoms with Gasteiger partial charge in [0.15, 0.2) is 0 Å². The van der Waals surface area contributed by atoms with Crippen molar-refractivity contribution in [3.05, 3.63) is 0 Å². The van der Waals surface area contributed by atoms with Gasteiger partial charge in [-0.2, -0.15) is 0 Å². The van der Waals surface area contributed by atoms with Crippen LogP contribution in [-0.2, 0) is 19.0 Å². The van der Waals surface area contributed by atoms with Gasteiger partial charge in [0.25, 0.3) is 0 Å². The number of carbonyl (C=O) groups excluding carboxylic acids is 1. The van der Waals surface area contributed by atoms with Crippen molar-refractivity contribution in [2.24, 2.45) is 5.73 Å². The highest BCUT2D eigenvalue weighted by Gasteiger charge is 2.06. The zero-order chi connectivity index (χ0) is 13.6. The van der Waals surface area contributed by atoms with Crippen LogP contribution in [0.3, 0.4) is 0 Å². The van der Waals surface area contributed by atoms with Gasteiger partial charge in [0.05, 0.1) is 33.0 Å². The molecule has 0 radical (unpaired) electrons. The van der Waals surface area contributed by atoms with Crippen LogP contribution >= 0.6 is 0 Å². The highest BCUT2D eigenvalue weighted by Crippen LogP contribution is 1.92. The van der Waals surface area contributed by atoms with E-state index >= 15 is 0 Å². The molecule has 0 aliphatic heterocycles. The molecule has 0 aromatic carbocycles. The van der Waals surface area contributed by atoms with Crippen LogP contribution < -0.4 is 11.1 Å². The number of methoxy groups -OCH3 is 1. The van der Waals surface area contributed by atoms with E-state index in [2.05, 4.69) is 5.32 Å². The molecule has 0 bridgehead atoms. The van der Waals surface area contributed by atoms with Gasteiger partial charge in [0.2, 0.25) is 5.91 Å². The summed E-state index contributed by atoms with van der Waals surface area (Å²) in [6.45, 7) is 5.18. The van der Waals surface area contributed by atoms with E-state index in [9.17, 15) is 4.79 Å². The van der Waals surface area contributed by atoms with Gasteiger partial charge < -0.3 is 25.3 Å². The Balaban J connectivity index is 3.17. The van der Waals surface area contributed by atoms with Crippen molar-refractivity contribution in [2.75, 3.05) is 46.7 Å². The van der Waals surface area contributed by atoms with Crippen LogP contribution in [-0.4, -0.2) is 58.6 Å². The van der Waals surface area contributed by atoms with Crippen LogP contribution in [0.4, 0.5) is 0 Å². The summed E-state index contributed by atoms with van der Waals surface area (Å²) in [6, 6.07) is -0.0555. The number of nitrogens with two attached hydrogens (primary N) is 1. The number of hydrogen-bond donors (Lipinski definition) is 2. The van der Waals surface area contributed by atoms with Crippen molar-refractivity contribution in [2.45, 2.75) is 25.8 Å². The summed E-state index contributed by atoms with van der Waals surface area (Å²) in [5, 5.41) is 2.75. The molecular formula is C12H26N2O4. The van der Waals surface area contributed by atoms with E-state index in [1.54, 1.807) is 7.11 Å². The lowest BCUT2D eigenvalue weighted by Crippen LogP contribution is -2.33. The summed E-state index contributed by atoms with van der Waals surface area (Å²) in [6.07, 6.45) is 1.18. The van der Waals surface area contributed by atoms with Crippen molar-refractivity contribution in [1.29, 1.82) is 0 Å². The molecule has 0 aliphatic rings. The largest absolute Gasteiger partial charge is 0.382 e. The first kappa shape index (κ1) is 17.3. The molecule has 0 heterocycles. The summed E-state index contributed by atoms with van der Waals surface area (Å²) in [5.41, 5.74) is 5.66. The summed E-state index contributed by atoms with van der Waals surface area (Å²) < 4.78 is 15.3. The molecule has 6 heteroatoms. The van der Waals surface area contributed by atoms with E-state index in [4.69, 9.17) is 19.9 Å². The molecule has 0 aromatic rings. The fourth-order valence-corrected chi connectivity index (χ4v) is 1.18. The third-order valence-electron chi connectivity index (χ3n) is 2.34. The highest BCUT2D eigenvalue weighted by molar-refractivity contribution is 5.76. The van der Waals surface area contributed by atoms with Gasteiger partial charge >= 0.3 is 0 Å². The Bertz CT molecular complexity index is 203. The van der Waals surface area contributed by atoms with Crippen molar-refractivity contribution in [3.63, 3.8) is 0 Å². The molecule has 0 saturated heterocycles. The molecule has 0 rings (SSSR count). The smallest absolute Gasteiger partial charge is 0.221 e. The minimum Gasteiger partial charge on any atom is -0.382 e. The zero-order valence-corrected chi connectivity index (χ0v) is 11.4. The third kappa shape index (κ3) is 11.8. The van der Waals surface area contributed by atoms with Crippen molar-refractivity contribution >= 4 is 5.91 Å². The maximum atomic E-state index is 11.3. The van der Waals surface area contributed by atoms with Gasteiger partial charge in [-0.1, -0.05) is 6.92 Å². The fourth-order valence-electron chi connectivity index (χ4n) is 1.18. The van der Waals surface area contributed by atoms with Crippen LogP contribution in [0.15, 0.2) is 0 Å². The molecule has 18 heavy (non-hydrogen) atoms. The van der Waals surface area contributed by atoms with Crippen molar-refractivity contribution in [3.8, 4) is 0 Å². The SMILES string of the molecule is CCC(N)CC(=O)NCCOCCOCCOC. The standard InChI is InChI=1S/C12H26N2O4/c1-3-11(13)10-12(15)14-4-5-17-8-9-18-7-6-16-2/h11H,3-10,13H2,1-2H3,(H,14,15). The molecule has 0 saturated carbocycles. The first-order valence-corrected chi connectivity index (χ1v) is 6.37. The predicted octanol–water partition coefficient (Wildman–Crippen LogP) is -0.0904. The van der Waals surface area contributed by atoms with Gasteiger partial charge in [0, 0.05) is 26.1 Å². The second-order valence-corrected chi connectivity index (χ2v) is 3.94. The van der Waals surface area contributed by atoms with Crippen LogP contribution in [0.5, 0.6) is 0 Å². The Hall–Kier alpha value is -0.690. The third-order valence-corrected chi connectivity index (χ3v) is 2.34. The Morgan fingerprint density at radius 3 is 2.39 bits per heavy atom. The van der Waals surface area contributed by atoms with Crippen LogP contribution in [0.1, 0.15) is 19.8 Å². The molecule has 0 fully saturated rings. The average Bonchev–Trinajstić information content (AvgIpc) is 2.36. The van der Waals surface area contributed by atoms with Crippen LogP contribution in [0, 0.1) is 0 Å². The lowest BCUT2D eigenvalue weighted by molar-refractivity contribution is -0.121. The Labute approximate surface area is 109 Å². The van der Waals surface area contributed by atoms with Crippen molar-refractivity contribution < 1.29 is 19.0 Å². The maximum Gasteiger partial charge on any atom is 0.221 e. The second-order valence-electron chi connectivity index (χ2n) is 3.94. The second kappa shape index (κ2) is 12.8. The van der Waals surface area contributed by atoms with E-state index < -0.39 is 0 Å². The summed E-state index contributed by atoms with van der Waals surface area (Å²) in [4.78, 5) is 11.3. The molecule has 0 aliphatic carbocycles. The van der Waals surface area contributed by atoms with E-state index in [-0.39, 0.29) is 11.9 Å². The first-order chi connectivity index (χ1) is 8.70. The number of amides is 1. The molecule has 0 aromatic heterocycles. The minimum absolute atomic E-state index is 0.0238. The number of rotatable bonds is 12. The number of hydrogen-bond acceptors (Lipinski definition) is 5. The molecule has 108 valence electrons. The first-order valence-electron chi connectivity index (χ1n) is 6.37. The fraction of sp³-hybridized carbons (Fsp3) is 0.917. The zero-order valence-electron chi connectivity index (χ0n) is 11.4. The Morgan fingerprint density at radius 2 is 1.78 bits per heavy atom. The topological polar surface area (TPSA) is 82.8 Å². The van der Waals surface area contributed by atoms with Gasteiger partial charge in [0.1, 0.15) is 0 Å². The number of nitrogens with one attached hydrogen (secondary N) is 1.